The van der Waals surface area contributed by atoms with E-state index in [9.17, 15) is 14.9 Å². The number of hydrogen-bond acceptors (Lipinski definition) is 4. The quantitative estimate of drug-likeness (QED) is 0.473. The number of aromatic nitrogens is 2. The van der Waals surface area contributed by atoms with Gasteiger partial charge in [0.1, 0.15) is 5.82 Å². The van der Waals surface area contributed by atoms with Gasteiger partial charge in [0.2, 0.25) is 0 Å². The van der Waals surface area contributed by atoms with Crippen LogP contribution in [0.25, 0.3) is 0 Å². The predicted octanol–water partition coefficient (Wildman–Crippen LogP) is 2.44. The van der Waals surface area contributed by atoms with Crippen LogP contribution in [0.2, 0.25) is 0 Å². The average molecular weight is 353 g/mol. The van der Waals surface area contributed by atoms with Gasteiger partial charge in [0, 0.05) is 37.0 Å². The van der Waals surface area contributed by atoms with E-state index in [0.717, 1.165) is 18.7 Å². The fourth-order valence-electron chi connectivity index (χ4n) is 1.79. The molecule has 0 bridgehead atoms. The Morgan fingerprint density at radius 2 is 2.29 bits per heavy atom. The van der Waals surface area contributed by atoms with Gasteiger partial charge < -0.3 is 10.3 Å². The lowest BCUT2D eigenvalue weighted by Gasteiger charge is -2.05. The molecule has 0 unspecified atom stereocenters. The number of H-pyrrole nitrogens is 1. The van der Waals surface area contributed by atoms with Gasteiger partial charge in [0.15, 0.2) is 0 Å². The minimum Gasteiger partial charge on any atom is -0.352 e. The molecule has 8 heteroatoms. The number of benzene rings is 1. The average Bonchev–Trinajstić information content (AvgIpc) is 2.96. The first-order valence-electron chi connectivity index (χ1n) is 6.28. The van der Waals surface area contributed by atoms with Crippen molar-refractivity contribution in [2.45, 2.75) is 12.8 Å². The maximum atomic E-state index is 11.9. The Balaban J connectivity index is 1.88. The molecule has 0 saturated carbocycles. The van der Waals surface area contributed by atoms with Gasteiger partial charge in [-0.1, -0.05) is 0 Å². The molecule has 0 spiro atoms. The molecule has 0 aliphatic rings. The van der Waals surface area contributed by atoms with Crippen LogP contribution in [0.5, 0.6) is 0 Å². The van der Waals surface area contributed by atoms with E-state index in [0.29, 0.717) is 11.0 Å². The summed E-state index contributed by atoms with van der Waals surface area (Å²) in [6.07, 6.45) is 4.88. The van der Waals surface area contributed by atoms with Crippen LogP contribution < -0.4 is 5.32 Å². The van der Waals surface area contributed by atoms with E-state index in [1.165, 1.54) is 12.1 Å². The first-order chi connectivity index (χ1) is 10.1. The normalized spacial score (nSPS) is 10.3. The molecule has 0 saturated heterocycles. The summed E-state index contributed by atoms with van der Waals surface area (Å²) in [6.45, 7) is 0.476. The van der Waals surface area contributed by atoms with Gasteiger partial charge in [-0.2, -0.15) is 0 Å². The number of hydrogen-bond donors (Lipinski definition) is 2. The highest BCUT2D eigenvalue weighted by atomic mass is 79.9. The van der Waals surface area contributed by atoms with E-state index in [1.807, 2.05) is 0 Å². The summed E-state index contributed by atoms with van der Waals surface area (Å²) in [5.41, 5.74) is 0.140. The Bertz CT molecular complexity index is 643. The molecular weight excluding hydrogens is 340 g/mol. The zero-order valence-electron chi connectivity index (χ0n) is 11.0. The molecule has 0 fully saturated rings. The Morgan fingerprint density at radius 1 is 1.48 bits per heavy atom. The standard InChI is InChI=1S/C13H13BrN4O3/c14-10-4-3-9(8-11(10)18(20)21)13(19)17-5-1-2-12-15-6-7-16-12/h3-4,6-8H,1-2,5H2,(H,15,16)(H,17,19). The van der Waals surface area contributed by atoms with Gasteiger partial charge in [-0.3, -0.25) is 14.9 Å². The number of aromatic amines is 1. The molecule has 0 atom stereocenters. The number of rotatable bonds is 6. The molecule has 2 aromatic rings. The number of carbonyl (C=O) groups is 1. The SMILES string of the molecule is O=C(NCCCc1ncc[nH]1)c1ccc(Br)c([N+](=O)[O-])c1. The smallest absolute Gasteiger partial charge is 0.284 e. The summed E-state index contributed by atoms with van der Waals surface area (Å²) in [7, 11) is 0. The number of imidazole rings is 1. The molecule has 1 aromatic heterocycles. The van der Waals surface area contributed by atoms with Crippen LogP contribution in [0.15, 0.2) is 35.1 Å². The molecule has 1 heterocycles. The summed E-state index contributed by atoms with van der Waals surface area (Å²) in [4.78, 5) is 29.3. The number of nitro benzene ring substituents is 1. The Morgan fingerprint density at radius 3 is 2.95 bits per heavy atom. The van der Waals surface area contributed by atoms with Crippen molar-refractivity contribution in [2.75, 3.05) is 6.54 Å². The van der Waals surface area contributed by atoms with Crippen molar-refractivity contribution in [3.63, 3.8) is 0 Å². The Kier molecular flexibility index (Phi) is 5.04. The van der Waals surface area contributed by atoms with Crippen LogP contribution in [0.1, 0.15) is 22.6 Å². The van der Waals surface area contributed by atoms with Crippen molar-refractivity contribution < 1.29 is 9.72 Å². The summed E-state index contributed by atoms with van der Waals surface area (Å²) >= 11 is 3.08. The Hall–Kier alpha value is -2.22. The number of nitrogens with zero attached hydrogens (tertiary/aromatic N) is 2. The van der Waals surface area contributed by atoms with Crippen molar-refractivity contribution in [2.24, 2.45) is 0 Å². The third-order valence-electron chi connectivity index (χ3n) is 2.84. The van der Waals surface area contributed by atoms with E-state index in [4.69, 9.17) is 0 Å². The monoisotopic (exact) mass is 352 g/mol. The van der Waals surface area contributed by atoms with Crippen LogP contribution in [-0.2, 0) is 6.42 Å². The molecule has 2 rings (SSSR count). The van der Waals surface area contributed by atoms with Gasteiger partial charge in [0.05, 0.1) is 9.40 Å². The lowest BCUT2D eigenvalue weighted by molar-refractivity contribution is -0.385. The highest BCUT2D eigenvalue weighted by molar-refractivity contribution is 9.10. The van der Waals surface area contributed by atoms with Crippen LogP contribution >= 0.6 is 15.9 Å². The molecule has 7 nitrogen and oxygen atoms in total. The number of carbonyl (C=O) groups excluding carboxylic acids is 1. The van der Waals surface area contributed by atoms with E-state index >= 15 is 0 Å². The van der Waals surface area contributed by atoms with Crippen molar-refractivity contribution in [1.82, 2.24) is 15.3 Å². The maximum Gasteiger partial charge on any atom is 0.284 e. The first kappa shape index (κ1) is 15.2. The highest BCUT2D eigenvalue weighted by Gasteiger charge is 2.15. The van der Waals surface area contributed by atoms with E-state index < -0.39 is 4.92 Å². The maximum absolute atomic E-state index is 11.9. The second-order valence-electron chi connectivity index (χ2n) is 4.32. The van der Waals surface area contributed by atoms with Gasteiger partial charge in [-0.25, -0.2) is 4.98 Å². The largest absolute Gasteiger partial charge is 0.352 e. The second kappa shape index (κ2) is 6.98. The summed E-state index contributed by atoms with van der Waals surface area (Å²) < 4.78 is 0.349. The molecule has 1 amide bonds. The third-order valence-corrected chi connectivity index (χ3v) is 3.51. The number of halogens is 1. The fraction of sp³-hybridized carbons (Fsp3) is 0.231. The van der Waals surface area contributed by atoms with Gasteiger partial charge >= 0.3 is 0 Å². The molecule has 2 N–H and O–H groups in total. The van der Waals surface area contributed by atoms with Gasteiger partial charge in [0.25, 0.3) is 11.6 Å². The molecule has 1 aromatic carbocycles. The molecule has 0 radical (unpaired) electrons. The van der Waals surface area contributed by atoms with E-state index in [2.05, 4.69) is 31.2 Å². The van der Waals surface area contributed by atoms with Crippen LogP contribution in [0.4, 0.5) is 5.69 Å². The Labute approximate surface area is 129 Å². The van der Waals surface area contributed by atoms with Crippen molar-refractivity contribution >= 4 is 27.5 Å². The van der Waals surface area contributed by atoms with Crippen molar-refractivity contribution in [3.05, 3.63) is 56.6 Å². The first-order valence-corrected chi connectivity index (χ1v) is 7.07. The van der Waals surface area contributed by atoms with Crippen LogP contribution in [-0.4, -0.2) is 27.3 Å². The molecular formula is C13H13BrN4O3. The highest BCUT2D eigenvalue weighted by Crippen LogP contribution is 2.25. The van der Waals surface area contributed by atoms with E-state index in [1.54, 1.807) is 18.5 Å². The zero-order chi connectivity index (χ0) is 15.2. The summed E-state index contributed by atoms with van der Waals surface area (Å²) in [5, 5.41) is 13.6. The van der Waals surface area contributed by atoms with Crippen molar-refractivity contribution in [3.8, 4) is 0 Å². The lowest BCUT2D eigenvalue weighted by Crippen LogP contribution is -2.24. The number of nitro groups is 1. The van der Waals surface area contributed by atoms with Crippen LogP contribution in [0, 0.1) is 10.1 Å². The predicted molar refractivity (Wildman–Crippen MR) is 80.0 cm³/mol. The van der Waals surface area contributed by atoms with Crippen LogP contribution in [0.3, 0.4) is 0 Å². The molecule has 110 valence electrons. The minimum atomic E-state index is -0.530. The number of aryl methyl sites for hydroxylation is 1. The second-order valence-corrected chi connectivity index (χ2v) is 5.17. The molecule has 0 aliphatic carbocycles. The van der Waals surface area contributed by atoms with Gasteiger partial charge in [-0.05, 0) is 34.5 Å². The number of nitrogens with one attached hydrogen (secondary N) is 2. The lowest BCUT2D eigenvalue weighted by atomic mass is 10.2. The topological polar surface area (TPSA) is 101 Å². The summed E-state index contributed by atoms with van der Waals surface area (Å²) in [5.74, 6) is 0.536. The third kappa shape index (κ3) is 4.12. The van der Waals surface area contributed by atoms with Gasteiger partial charge in [-0.15, -0.1) is 0 Å². The summed E-state index contributed by atoms with van der Waals surface area (Å²) in [6, 6.07) is 4.29. The van der Waals surface area contributed by atoms with E-state index in [-0.39, 0.29) is 17.2 Å². The molecule has 21 heavy (non-hydrogen) atoms. The minimum absolute atomic E-state index is 0.127. The number of amides is 1. The van der Waals surface area contributed by atoms with Crippen molar-refractivity contribution in [1.29, 1.82) is 0 Å². The molecule has 0 aliphatic heterocycles. The fourth-order valence-corrected chi connectivity index (χ4v) is 2.18. The zero-order valence-corrected chi connectivity index (χ0v) is 12.6.